The molecule has 0 saturated carbocycles. The van der Waals surface area contributed by atoms with Crippen molar-refractivity contribution in [2.75, 3.05) is 19.8 Å². The third kappa shape index (κ3) is 17.2. The summed E-state index contributed by atoms with van der Waals surface area (Å²) in [5.41, 5.74) is 14.0. The number of esters is 1. The summed E-state index contributed by atoms with van der Waals surface area (Å²) >= 11 is 0. The van der Waals surface area contributed by atoms with Crippen molar-refractivity contribution in [2.24, 2.45) is 21.5 Å². The lowest BCUT2D eigenvalue weighted by Crippen LogP contribution is -2.40. The molecule has 46 heavy (non-hydrogen) atoms. The van der Waals surface area contributed by atoms with Crippen molar-refractivity contribution in [2.45, 2.75) is 129 Å². The molecule has 1 aliphatic rings. The second-order valence-corrected chi connectivity index (χ2v) is 11.8. The van der Waals surface area contributed by atoms with Gasteiger partial charge in [-0.1, -0.05) is 114 Å². The summed E-state index contributed by atoms with van der Waals surface area (Å²) in [6, 6.07) is 9.08. The van der Waals surface area contributed by atoms with Crippen LogP contribution in [0.15, 0.2) is 51.6 Å². The Hall–Kier alpha value is -3.60. The van der Waals surface area contributed by atoms with E-state index in [-0.39, 0.29) is 31.2 Å². The van der Waals surface area contributed by atoms with Crippen LogP contribution in [0.2, 0.25) is 0 Å². The third-order valence-corrected chi connectivity index (χ3v) is 7.88. The number of ether oxygens (including phenoxy) is 2. The fraction of sp³-hybridized carbons (Fsp3) is 0.657. The molecule has 258 valence electrons. The van der Waals surface area contributed by atoms with E-state index in [1.165, 1.54) is 44.9 Å². The number of hydrogen-bond acceptors (Lipinski definition) is 9. The number of unbranched alkanes of at least 4 members (excludes halogenated alkanes) is 12. The first-order valence-electron chi connectivity index (χ1n) is 17.3. The molecule has 1 aromatic rings. The Morgan fingerprint density at radius 2 is 1.57 bits per heavy atom. The molecule has 0 spiro atoms. The van der Waals surface area contributed by atoms with Gasteiger partial charge >= 0.3 is 12.1 Å². The number of rotatable bonds is 24. The van der Waals surface area contributed by atoms with Crippen LogP contribution in [0.3, 0.4) is 0 Å². The van der Waals surface area contributed by atoms with E-state index in [4.69, 9.17) is 20.9 Å². The maximum atomic E-state index is 13.2. The average Bonchev–Trinajstić information content (AvgIpc) is 3.05. The van der Waals surface area contributed by atoms with Gasteiger partial charge in [-0.3, -0.25) is 10.3 Å². The molecule has 11 heteroatoms. The van der Waals surface area contributed by atoms with Gasteiger partial charge in [0.25, 0.3) is 0 Å². The van der Waals surface area contributed by atoms with Crippen molar-refractivity contribution >= 4 is 24.0 Å². The quantitative estimate of drug-likeness (QED) is 0.0398. The van der Waals surface area contributed by atoms with Crippen LogP contribution in [0.1, 0.15) is 122 Å². The molecule has 1 atom stereocenters. The van der Waals surface area contributed by atoms with E-state index >= 15 is 0 Å². The second-order valence-electron chi connectivity index (χ2n) is 11.8. The highest BCUT2D eigenvalue weighted by molar-refractivity contribution is 5.94. The van der Waals surface area contributed by atoms with Crippen LogP contribution in [-0.4, -0.2) is 54.9 Å². The van der Waals surface area contributed by atoms with Crippen molar-refractivity contribution < 1.29 is 24.2 Å². The van der Waals surface area contributed by atoms with Gasteiger partial charge in [0.15, 0.2) is 11.9 Å². The van der Waals surface area contributed by atoms with Crippen molar-refractivity contribution in [1.82, 2.24) is 10.6 Å². The molecular formula is C35H58N6O5. The number of benzene rings is 1. The topological polar surface area (TPSA) is 174 Å². The lowest BCUT2D eigenvalue weighted by molar-refractivity contribution is -0.139. The van der Waals surface area contributed by atoms with Crippen LogP contribution < -0.4 is 22.1 Å². The highest BCUT2D eigenvalue weighted by atomic mass is 16.5. The molecule has 0 aliphatic carbocycles. The van der Waals surface area contributed by atoms with Gasteiger partial charge in [0.1, 0.15) is 6.61 Å². The minimum Gasteiger partial charge on any atom is -0.462 e. The Bertz CT molecular complexity index is 1090. The number of guanidine groups is 2. The summed E-state index contributed by atoms with van der Waals surface area (Å²) in [7, 11) is 0. The van der Waals surface area contributed by atoms with E-state index in [0.29, 0.717) is 43.2 Å². The summed E-state index contributed by atoms with van der Waals surface area (Å²) in [5, 5.41) is 14.9. The van der Waals surface area contributed by atoms with Gasteiger partial charge in [0.2, 0.25) is 0 Å². The number of carbonyl (C=O) groups excluding carboxylic acids is 2. The zero-order valence-corrected chi connectivity index (χ0v) is 27.9. The van der Waals surface area contributed by atoms with E-state index < -0.39 is 6.09 Å². The third-order valence-electron chi connectivity index (χ3n) is 7.88. The molecule has 11 nitrogen and oxygen atoms in total. The summed E-state index contributed by atoms with van der Waals surface area (Å²) < 4.78 is 10.8. The molecular weight excluding hydrogens is 584 g/mol. The molecule has 0 radical (unpaired) electrons. The average molecular weight is 643 g/mol. The molecule has 7 N–H and O–H groups in total. The number of aliphatic hydroxyl groups excluding tert-OH is 1. The first-order chi connectivity index (χ1) is 22.4. The van der Waals surface area contributed by atoms with Gasteiger partial charge in [-0.05, 0) is 37.7 Å². The maximum Gasteiger partial charge on any atom is 0.414 e. The first-order valence-corrected chi connectivity index (χ1v) is 17.3. The Morgan fingerprint density at radius 1 is 0.913 bits per heavy atom. The molecule has 0 fully saturated rings. The smallest absolute Gasteiger partial charge is 0.414 e. The number of aliphatic imine (C=N–C) groups is 2. The Kier molecular flexibility index (Phi) is 20.6. The van der Waals surface area contributed by atoms with Crippen molar-refractivity contribution in [3.63, 3.8) is 0 Å². The van der Waals surface area contributed by atoms with Crippen LogP contribution in [-0.2, 0) is 20.9 Å². The molecule has 0 saturated heterocycles. The van der Waals surface area contributed by atoms with Crippen molar-refractivity contribution in [1.29, 1.82) is 0 Å². The lowest BCUT2D eigenvalue weighted by Gasteiger charge is -2.26. The predicted molar refractivity (Wildman–Crippen MR) is 184 cm³/mol. The second kappa shape index (κ2) is 24.6. The van der Waals surface area contributed by atoms with Crippen molar-refractivity contribution in [3.05, 3.63) is 47.2 Å². The highest BCUT2D eigenvalue weighted by Gasteiger charge is 2.29. The molecule has 1 heterocycles. The van der Waals surface area contributed by atoms with Crippen LogP contribution in [0.25, 0.3) is 0 Å². The van der Waals surface area contributed by atoms with Gasteiger partial charge in [0, 0.05) is 18.8 Å². The molecule has 1 unspecified atom stereocenters. The standard InChI is InChI=1S/C35H58N6O5/c1-2-3-4-5-6-7-8-10-16-22-29-31(30(23-19-25-42)40-34(37)39-29)32(43)45-26-18-12-9-11-17-24-38-33(36)41-35(44)46-27-28-20-14-13-15-21-28/h13-15,20-21,29,42H,2-12,16-19,22-27H2,1H3,(H3,37,39,40)(H3,36,38,41,44). The molecule has 1 aliphatic heterocycles. The molecule has 2 rings (SSSR count). The minimum absolute atomic E-state index is 0.0309. The largest absolute Gasteiger partial charge is 0.462 e. The zero-order chi connectivity index (χ0) is 33.2. The van der Waals surface area contributed by atoms with E-state index in [9.17, 15) is 14.7 Å². The summed E-state index contributed by atoms with van der Waals surface area (Å²) in [6.07, 6.45) is 16.6. The Labute approximate surface area is 275 Å². The monoisotopic (exact) mass is 642 g/mol. The van der Waals surface area contributed by atoms with Crippen LogP contribution in [0.4, 0.5) is 4.79 Å². The highest BCUT2D eigenvalue weighted by Crippen LogP contribution is 2.25. The number of allylic oxidation sites excluding steroid dienone is 1. The maximum absolute atomic E-state index is 13.2. The first kappa shape index (κ1) is 38.6. The fourth-order valence-electron chi connectivity index (χ4n) is 5.35. The summed E-state index contributed by atoms with van der Waals surface area (Å²) in [4.78, 5) is 33.8. The number of amides is 1. The number of nitrogens with one attached hydrogen (secondary N) is 2. The van der Waals surface area contributed by atoms with E-state index in [2.05, 4.69) is 27.5 Å². The number of alkyl carbamates (subject to hydrolysis) is 1. The number of aliphatic hydroxyl groups is 1. The molecule has 1 aromatic carbocycles. The van der Waals surface area contributed by atoms with Gasteiger partial charge in [-0.25, -0.2) is 14.6 Å². The van der Waals surface area contributed by atoms with Crippen LogP contribution in [0.5, 0.6) is 0 Å². The van der Waals surface area contributed by atoms with Crippen LogP contribution >= 0.6 is 0 Å². The van der Waals surface area contributed by atoms with Crippen molar-refractivity contribution in [3.8, 4) is 0 Å². The Balaban J connectivity index is 1.65. The number of nitrogens with zero attached hydrogens (tertiary/aromatic N) is 2. The van der Waals surface area contributed by atoms with Crippen LogP contribution in [0, 0.1) is 0 Å². The van der Waals surface area contributed by atoms with E-state index in [1.54, 1.807) is 0 Å². The number of hydrogen-bond donors (Lipinski definition) is 5. The lowest BCUT2D eigenvalue weighted by atomic mass is 9.95. The van der Waals surface area contributed by atoms with Gasteiger partial charge in [-0.15, -0.1) is 0 Å². The van der Waals surface area contributed by atoms with E-state index in [1.807, 2.05) is 30.3 Å². The molecule has 0 aromatic heterocycles. The normalized spacial score (nSPS) is 14.9. The predicted octanol–water partition coefficient (Wildman–Crippen LogP) is 5.96. The van der Waals surface area contributed by atoms with Gasteiger partial charge in [0.05, 0.1) is 18.2 Å². The number of carbonyl (C=O) groups is 2. The summed E-state index contributed by atoms with van der Waals surface area (Å²) in [6.45, 7) is 3.27. The van der Waals surface area contributed by atoms with E-state index in [0.717, 1.165) is 56.9 Å². The zero-order valence-electron chi connectivity index (χ0n) is 27.9. The van der Waals surface area contributed by atoms with Gasteiger partial charge < -0.3 is 31.4 Å². The minimum atomic E-state index is -0.634. The molecule has 1 amide bonds. The Morgan fingerprint density at radius 3 is 2.26 bits per heavy atom. The molecule has 0 bridgehead atoms. The fourth-order valence-corrected chi connectivity index (χ4v) is 5.35. The summed E-state index contributed by atoms with van der Waals surface area (Å²) in [5.74, 6) is 0.00420. The number of nitrogens with two attached hydrogens (primary N) is 2. The van der Waals surface area contributed by atoms with Gasteiger partial charge in [-0.2, -0.15) is 0 Å². The SMILES string of the molecule is CCCCCCCCCCCC1N=C(N)NC(CCCO)=C1C(=O)OCCCCCCCN=C(N)NC(=O)OCc1ccccc1.